The van der Waals surface area contributed by atoms with Crippen molar-refractivity contribution in [2.75, 3.05) is 32.5 Å². The molecule has 3 fully saturated rings. The highest BCUT2D eigenvalue weighted by atomic mass is 32.2. The van der Waals surface area contributed by atoms with E-state index in [0.717, 1.165) is 38.9 Å². The summed E-state index contributed by atoms with van der Waals surface area (Å²) in [5.41, 5.74) is -0.107. The molecule has 22 heavy (non-hydrogen) atoms. The Morgan fingerprint density at radius 1 is 1.36 bits per heavy atom. The number of likely N-dealkylation sites (tertiary alicyclic amines) is 1. The first-order valence-corrected chi connectivity index (χ1v) is 9.65. The van der Waals surface area contributed by atoms with E-state index >= 15 is 0 Å². The highest BCUT2D eigenvalue weighted by Gasteiger charge is 2.56. The van der Waals surface area contributed by atoms with Gasteiger partial charge in [0.1, 0.15) is 0 Å². The molecule has 126 valence electrons. The number of hydrogen-bond donors (Lipinski definition) is 2. The second-order valence-electron chi connectivity index (χ2n) is 6.96. The van der Waals surface area contributed by atoms with Crippen molar-refractivity contribution in [2.45, 2.75) is 56.0 Å². The number of amides is 2. The first kappa shape index (κ1) is 16.4. The lowest BCUT2D eigenvalue weighted by Crippen LogP contribution is -2.63. The fourth-order valence-electron chi connectivity index (χ4n) is 3.88. The maximum atomic E-state index is 12.3. The average Bonchev–Trinajstić information content (AvgIpc) is 3.33. The van der Waals surface area contributed by atoms with E-state index < -0.39 is 0 Å². The molecule has 1 heterocycles. The van der Waals surface area contributed by atoms with Crippen LogP contribution in [0.2, 0.25) is 0 Å². The molecule has 2 N–H and O–H groups in total. The highest BCUT2D eigenvalue weighted by molar-refractivity contribution is 8.00. The van der Waals surface area contributed by atoms with Gasteiger partial charge in [-0.15, -0.1) is 0 Å². The van der Waals surface area contributed by atoms with E-state index in [2.05, 4.69) is 11.6 Å². The Balaban J connectivity index is 1.48. The molecule has 3 aliphatic rings. The number of urea groups is 1. The predicted octanol–water partition coefficient (Wildman–Crippen LogP) is 1.84. The van der Waals surface area contributed by atoms with Crippen LogP contribution in [0.3, 0.4) is 0 Å². The fourth-order valence-corrected chi connectivity index (χ4v) is 4.61. The predicted molar refractivity (Wildman–Crippen MR) is 88.2 cm³/mol. The second kappa shape index (κ2) is 6.21. The molecule has 1 spiro atoms. The van der Waals surface area contributed by atoms with Crippen molar-refractivity contribution < 1.29 is 14.6 Å². The number of nitrogens with zero attached hydrogens (tertiary/aromatic N) is 1. The molecule has 2 aliphatic carbocycles. The molecular formula is C16H28N2O3S. The van der Waals surface area contributed by atoms with Crippen molar-refractivity contribution in [1.29, 1.82) is 0 Å². The molecule has 6 heteroatoms. The Morgan fingerprint density at radius 3 is 2.55 bits per heavy atom. The molecule has 2 saturated carbocycles. The quantitative estimate of drug-likeness (QED) is 0.808. The van der Waals surface area contributed by atoms with Crippen molar-refractivity contribution >= 4 is 17.8 Å². The van der Waals surface area contributed by atoms with Crippen LogP contribution in [0.5, 0.6) is 0 Å². The molecule has 0 aromatic carbocycles. The smallest absolute Gasteiger partial charge is 0.317 e. The summed E-state index contributed by atoms with van der Waals surface area (Å²) in [7, 11) is 0. The van der Waals surface area contributed by atoms with Gasteiger partial charge in [0.2, 0.25) is 0 Å². The number of thioether (sulfide) groups is 1. The van der Waals surface area contributed by atoms with Gasteiger partial charge in [0.15, 0.2) is 0 Å². The molecule has 2 atom stereocenters. The molecule has 5 nitrogen and oxygen atoms in total. The minimum Gasteiger partial charge on any atom is -0.392 e. The average molecular weight is 328 g/mol. The lowest BCUT2D eigenvalue weighted by atomic mass is 9.58. The molecule has 0 unspecified atom stereocenters. The van der Waals surface area contributed by atoms with Crippen LogP contribution in [0, 0.1) is 5.41 Å². The van der Waals surface area contributed by atoms with Crippen LogP contribution in [-0.2, 0) is 4.74 Å². The van der Waals surface area contributed by atoms with Gasteiger partial charge in [-0.2, -0.15) is 11.8 Å². The third-order valence-corrected chi connectivity index (χ3v) is 7.31. The molecule has 0 aromatic heterocycles. The summed E-state index contributed by atoms with van der Waals surface area (Å²) in [4.78, 5) is 14.2. The monoisotopic (exact) mass is 328 g/mol. The lowest BCUT2D eigenvalue weighted by molar-refractivity contribution is -0.207. The molecule has 0 aromatic rings. The third kappa shape index (κ3) is 2.85. The van der Waals surface area contributed by atoms with Crippen LogP contribution in [0.1, 0.15) is 39.0 Å². The highest BCUT2D eigenvalue weighted by Crippen LogP contribution is 2.51. The van der Waals surface area contributed by atoms with Crippen molar-refractivity contribution in [2.24, 2.45) is 5.41 Å². The van der Waals surface area contributed by atoms with Gasteiger partial charge < -0.3 is 20.1 Å². The van der Waals surface area contributed by atoms with Crippen LogP contribution in [0.25, 0.3) is 0 Å². The normalized spacial score (nSPS) is 31.7. The number of aliphatic hydroxyl groups is 1. The van der Waals surface area contributed by atoms with Gasteiger partial charge in [0.25, 0.3) is 0 Å². The van der Waals surface area contributed by atoms with Gasteiger partial charge in [0, 0.05) is 42.8 Å². The number of hydrogen-bond acceptors (Lipinski definition) is 4. The maximum Gasteiger partial charge on any atom is 0.317 e. The standard InChI is InChI=1S/C16H28N2O3S/c1-3-21-13-10-12(19)16(13)6-8-18(9-7-16)14(20)17-11-15(22-2)4-5-15/h12-13,19H,3-11H2,1-2H3,(H,17,20)/t12-,13+/m1/s1. The zero-order valence-electron chi connectivity index (χ0n) is 13.6. The summed E-state index contributed by atoms with van der Waals surface area (Å²) in [5, 5.41) is 13.3. The van der Waals surface area contributed by atoms with Crippen molar-refractivity contribution in [1.82, 2.24) is 10.2 Å². The van der Waals surface area contributed by atoms with E-state index in [-0.39, 0.29) is 23.7 Å². The summed E-state index contributed by atoms with van der Waals surface area (Å²) < 4.78 is 6.07. The summed E-state index contributed by atoms with van der Waals surface area (Å²) in [5.74, 6) is 0. The first-order chi connectivity index (χ1) is 10.6. The van der Waals surface area contributed by atoms with E-state index in [9.17, 15) is 9.90 Å². The van der Waals surface area contributed by atoms with E-state index in [1.807, 2.05) is 23.6 Å². The number of ether oxygens (including phenoxy) is 1. The van der Waals surface area contributed by atoms with E-state index in [1.54, 1.807) is 0 Å². The van der Waals surface area contributed by atoms with Crippen molar-refractivity contribution in [3.05, 3.63) is 0 Å². The molecule has 0 radical (unpaired) electrons. The van der Waals surface area contributed by atoms with E-state index in [4.69, 9.17) is 4.74 Å². The van der Waals surface area contributed by atoms with Gasteiger partial charge in [-0.05, 0) is 38.9 Å². The molecular weight excluding hydrogens is 300 g/mol. The molecule has 3 rings (SSSR count). The van der Waals surface area contributed by atoms with Gasteiger partial charge in [-0.1, -0.05) is 0 Å². The minimum absolute atomic E-state index is 0.0527. The SMILES string of the molecule is CCO[C@H]1C[C@@H](O)C12CCN(C(=O)NCC1(SC)CC1)CC2. The summed E-state index contributed by atoms with van der Waals surface area (Å²) in [6.45, 7) is 4.91. The molecule has 0 bridgehead atoms. The van der Waals surface area contributed by atoms with Crippen LogP contribution in [0.15, 0.2) is 0 Å². The largest absolute Gasteiger partial charge is 0.392 e. The number of aliphatic hydroxyl groups excluding tert-OH is 1. The maximum absolute atomic E-state index is 12.3. The molecule has 1 aliphatic heterocycles. The topological polar surface area (TPSA) is 61.8 Å². The molecule has 2 amide bonds. The van der Waals surface area contributed by atoms with Gasteiger partial charge in [0.05, 0.1) is 12.2 Å². The Hall–Kier alpha value is -0.460. The third-order valence-electron chi connectivity index (χ3n) is 5.89. The lowest BCUT2D eigenvalue weighted by Gasteiger charge is -2.56. The minimum atomic E-state index is -0.263. The number of carbonyl (C=O) groups is 1. The van der Waals surface area contributed by atoms with Crippen LogP contribution >= 0.6 is 11.8 Å². The summed E-state index contributed by atoms with van der Waals surface area (Å²) >= 11 is 1.86. The summed E-state index contributed by atoms with van der Waals surface area (Å²) in [6, 6.07) is 0.0527. The van der Waals surface area contributed by atoms with Crippen molar-refractivity contribution in [3.8, 4) is 0 Å². The van der Waals surface area contributed by atoms with Crippen molar-refractivity contribution in [3.63, 3.8) is 0 Å². The van der Waals surface area contributed by atoms with E-state index in [0.29, 0.717) is 11.4 Å². The Labute approximate surface area is 137 Å². The van der Waals surface area contributed by atoms with Gasteiger partial charge >= 0.3 is 6.03 Å². The zero-order valence-corrected chi connectivity index (χ0v) is 14.5. The summed E-state index contributed by atoms with van der Waals surface area (Å²) in [6.07, 6.45) is 6.88. The number of nitrogens with one attached hydrogen (secondary N) is 1. The van der Waals surface area contributed by atoms with Gasteiger partial charge in [-0.3, -0.25) is 0 Å². The first-order valence-electron chi connectivity index (χ1n) is 8.43. The second-order valence-corrected chi connectivity index (χ2v) is 8.24. The number of carbonyl (C=O) groups excluding carboxylic acids is 1. The van der Waals surface area contributed by atoms with Gasteiger partial charge in [-0.25, -0.2) is 4.79 Å². The number of rotatable bonds is 5. The van der Waals surface area contributed by atoms with Crippen LogP contribution < -0.4 is 5.32 Å². The Bertz CT molecular complexity index is 418. The zero-order chi connectivity index (χ0) is 15.8. The molecule has 1 saturated heterocycles. The van der Waals surface area contributed by atoms with Crippen LogP contribution in [0.4, 0.5) is 4.79 Å². The fraction of sp³-hybridized carbons (Fsp3) is 0.938. The van der Waals surface area contributed by atoms with Crippen LogP contribution in [-0.4, -0.2) is 65.5 Å². The van der Waals surface area contributed by atoms with E-state index in [1.165, 1.54) is 12.8 Å². The number of piperidine rings is 1. The Kier molecular flexibility index (Phi) is 4.63. The Morgan fingerprint density at radius 2 is 2.05 bits per heavy atom.